The van der Waals surface area contributed by atoms with E-state index in [1.165, 1.54) is 5.56 Å². The van der Waals surface area contributed by atoms with Crippen molar-refractivity contribution in [2.45, 2.75) is 106 Å². The third kappa shape index (κ3) is 9.11. The van der Waals surface area contributed by atoms with Crippen molar-refractivity contribution in [3.05, 3.63) is 167 Å². The Balaban J connectivity index is 0.00000666. The first-order valence-corrected chi connectivity index (χ1v) is 21.7. The zero-order valence-corrected chi connectivity index (χ0v) is 40.6. The van der Waals surface area contributed by atoms with E-state index in [9.17, 15) is 5.11 Å². The summed E-state index contributed by atoms with van der Waals surface area (Å²) < 4.78 is 37.9. The molecule has 4 nitrogen and oxygen atoms in total. The fourth-order valence-corrected chi connectivity index (χ4v) is 8.21. The van der Waals surface area contributed by atoms with E-state index in [1.54, 1.807) is 6.07 Å². The number of rotatable bonds is 8. The molecule has 0 aliphatic rings. The van der Waals surface area contributed by atoms with Gasteiger partial charge in [0, 0.05) is 38.4 Å². The Hall–Kier alpha value is -5.57. The van der Waals surface area contributed by atoms with Crippen LogP contribution in [0.5, 0.6) is 5.75 Å². The molecule has 2 aromatic heterocycles. The van der Waals surface area contributed by atoms with Gasteiger partial charge in [-0.25, -0.2) is 4.98 Å². The van der Waals surface area contributed by atoms with E-state index in [1.807, 2.05) is 85.3 Å². The number of phenolic OH excluding ortho intramolecular Hbond substituents is 1. The Bertz CT molecular complexity index is 3130. The molecule has 0 spiro atoms. The smallest absolute Gasteiger partial charge is 0.148 e. The molecule has 324 valence electrons. The molecular formula is C58H60N3OPt-. The third-order valence-corrected chi connectivity index (χ3v) is 12.0. The average Bonchev–Trinajstić information content (AvgIpc) is 3.64. The van der Waals surface area contributed by atoms with E-state index < -0.39 is 18.2 Å². The van der Waals surface area contributed by atoms with Crippen LogP contribution in [0.1, 0.15) is 120 Å². The van der Waals surface area contributed by atoms with Crippen LogP contribution in [0.15, 0.2) is 128 Å². The Morgan fingerprint density at radius 3 is 2.03 bits per heavy atom. The topological polar surface area (TPSA) is 50.9 Å². The van der Waals surface area contributed by atoms with Crippen molar-refractivity contribution in [2.24, 2.45) is 0 Å². The Morgan fingerprint density at radius 1 is 0.683 bits per heavy atom. The maximum Gasteiger partial charge on any atom is 0.148 e. The van der Waals surface area contributed by atoms with Gasteiger partial charge in [0.1, 0.15) is 11.6 Å². The van der Waals surface area contributed by atoms with Crippen LogP contribution < -0.4 is 0 Å². The number of para-hydroxylation sites is 2. The van der Waals surface area contributed by atoms with Gasteiger partial charge in [-0.1, -0.05) is 165 Å². The van der Waals surface area contributed by atoms with E-state index in [2.05, 4.69) is 123 Å². The number of benzene rings is 6. The third-order valence-electron chi connectivity index (χ3n) is 12.0. The second-order valence-electron chi connectivity index (χ2n) is 19.4. The van der Waals surface area contributed by atoms with Crippen molar-refractivity contribution in [3.8, 4) is 67.5 Å². The van der Waals surface area contributed by atoms with E-state index in [0.29, 0.717) is 28.1 Å². The molecule has 0 aliphatic heterocycles. The van der Waals surface area contributed by atoms with Gasteiger partial charge in [-0.05, 0) is 111 Å². The first kappa shape index (κ1) is 40.2. The monoisotopic (exact) mass is 1010 g/mol. The molecule has 0 aliphatic carbocycles. The number of hydrogen-bond acceptors (Lipinski definition) is 3. The van der Waals surface area contributed by atoms with E-state index in [0.717, 1.165) is 66.9 Å². The molecule has 8 rings (SSSR count). The van der Waals surface area contributed by atoms with Gasteiger partial charge in [0.25, 0.3) is 0 Å². The molecule has 0 atom stereocenters. The number of aromatic hydroxyl groups is 1. The normalized spacial score (nSPS) is 13.3. The van der Waals surface area contributed by atoms with Crippen LogP contribution in [0.25, 0.3) is 72.7 Å². The van der Waals surface area contributed by atoms with Crippen molar-refractivity contribution < 1.29 is 31.7 Å². The zero-order valence-electron chi connectivity index (χ0n) is 42.3. The molecule has 8 aromatic rings. The van der Waals surface area contributed by atoms with Gasteiger partial charge in [-0.15, -0.1) is 29.3 Å². The van der Waals surface area contributed by atoms with Crippen LogP contribution in [-0.2, 0) is 31.9 Å². The SMILES string of the molecule is [2H]C([2H])([2H])c1cc(-c2cc(C(C)C)cc(C([2H])(C)C)c2)ccc1-n1c(-c2cccc(C(C)(C)C)c2O)nc2c(-c3[c-]c(-c4cc(-c5ccc(C)cc5)ccn4)cc(C(C)(C)C)c3)cccc21.[Pt]. The minimum absolute atomic E-state index is 0. The molecule has 0 unspecified atom stereocenters. The molecule has 0 fully saturated rings. The Kier molecular flexibility index (Phi) is 11.2. The van der Waals surface area contributed by atoms with Gasteiger partial charge in [0.15, 0.2) is 0 Å². The summed E-state index contributed by atoms with van der Waals surface area (Å²) >= 11 is 0. The van der Waals surface area contributed by atoms with Crippen LogP contribution in [-0.4, -0.2) is 19.6 Å². The number of fused-ring (bicyclic) bond motifs is 1. The van der Waals surface area contributed by atoms with E-state index in [-0.39, 0.29) is 43.7 Å². The van der Waals surface area contributed by atoms with Crippen molar-refractivity contribution >= 4 is 11.0 Å². The molecular weight excluding hydrogens is 950 g/mol. The quantitative estimate of drug-likeness (QED) is 0.154. The fraction of sp³-hybridized carbons (Fsp3) is 0.276. The minimum Gasteiger partial charge on any atom is -0.507 e. The van der Waals surface area contributed by atoms with Crippen molar-refractivity contribution in [3.63, 3.8) is 0 Å². The van der Waals surface area contributed by atoms with Crippen LogP contribution in [0, 0.1) is 19.8 Å². The minimum atomic E-state index is -2.54. The van der Waals surface area contributed by atoms with E-state index in [4.69, 9.17) is 15.5 Å². The predicted octanol–water partition coefficient (Wildman–Crippen LogP) is 15.7. The molecule has 2 heterocycles. The molecule has 0 saturated carbocycles. The number of hydrogen-bond donors (Lipinski definition) is 1. The zero-order chi connectivity index (χ0) is 47.7. The molecule has 63 heavy (non-hydrogen) atoms. The van der Waals surface area contributed by atoms with Gasteiger partial charge in [-0.3, -0.25) is 9.55 Å². The summed E-state index contributed by atoms with van der Waals surface area (Å²) in [5.41, 5.74) is 13.8. The Morgan fingerprint density at radius 2 is 1.35 bits per heavy atom. The Labute approximate surface area is 395 Å². The second-order valence-corrected chi connectivity index (χ2v) is 19.4. The maximum atomic E-state index is 12.2. The number of pyridine rings is 1. The molecule has 0 saturated heterocycles. The summed E-state index contributed by atoms with van der Waals surface area (Å²) in [5.74, 6) is -0.144. The summed E-state index contributed by atoms with van der Waals surface area (Å²) in [4.78, 5) is 10.3. The largest absolute Gasteiger partial charge is 0.507 e. The molecule has 5 heteroatoms. The van der Waals surface area contributed by atoms with Crippen molar-refractivity contribution in [1.29, 1.82) is 0 Å². The molecule has 6 aromatic carbocycles. The summed E-state index contributed by atoms with van der Waals surface area (Å²) in [5, 5.41) is 12.2. The van der Waals surface area contributed by atoms with Gasteiger partial charge >= 0.3 is 0 Å². The second kappa shape index (κ2) is 17.5. The number of nitrogens with zero attached hydrogens (tertiary/aromatic N) is 3. The first-order chi connectivity index (χ1) is 30.9. The standard InChI is InChI=1S/C58H60N3O.Pt/c1-35(2)42-28-43(36(3)4)30-44(29-42)40-23-24-52(38(6)27-40)61-53-18-14-15-48(54(53)60-56(61)49-16-13-17-50(55(49)62)58(10,11)12)45-31-46(33-47(32-45)57(7,8)9)51-34-41(25-26-59-51)39-21-19-37(5)20-22-39;/h13-30,32-36,62H,1-12H3;/q-1;/i6D3,35D;. The average molecular weight is 1010 g/mol. The molecule has 1 N–H and O–H groups in total. The summed E-state index contributed by atoms with van der Waals surface area (Å²) in [6.07, 6.45) is 1.85. The van der Waals surface area contributed by atoms with Gasteiger partial charge in [-0.2, -0.15) is 0 Å². The summed E-state index contributed by atoms with van der Waals surface area (Å²) in [6.45, 7) is 20.3. The number of aryl methyl sites for hydroxylation is 2. The van der Waals surface area contributed by atoms with E-state index >= 15 is 0 Å². The van der Waals surface area contributed by atoms with Crippen molar-refractivity contribution in [2.75, 3.05) is 0 Å². The van der Waals surface area contributed by atoms with Gasteiger partial charge in [0.2, 0.25) is 0 Å². The van der Waals surface area contributed by atoms with Crippen LogP contribution in [0.2, 0.25) is 0 Å². The van der Waals surface area contributed by atoms with Crippen LogP contribution in [0.3, 0.4) is 0 Å². The van der Waals surface area contributed by atoms with Crippen molar-refractivity contribution in [1.82, 2.24) is 14.5 Å². The first-order valence-electron chi connectivity index (χ1n) is 23.7. The maximum absolute atomic E-state index is 12.2. The van der Waals surface area contributed by atoms with Crippen LogP contribution >= 0.6 is 0 Å². The number of aromatic nitrogens is 3. The summed E-state index contributed by atoms with van der Waals surface area (Å²) in [6, 6.07) is 44.1. The summed E-state index contributed by atoms with van der Waals surface area (Å²) in [7, 11) is 0. The van der Waals surface area contributed by atoms with Gasteiger partial charge < -0.3 is 5.11 Å². The molecule has 0 amide bonds. The molecule has 0 radical (unpaired) electrons. The molecule has 0 bridgehead atoms. The fourth-order valence-electron chi connectivity index (χ4n) is 8.21. The van der Waals surface area contributed by atoms with Crippen LogP contribution in [0.4, 0.5) is 0 Å². The number of imidazole rings is 1. The van der Waals surface area contributed by atoms with Gasteiger partial charge in [0.05, 0.1) is 22.3 Å². The number of phenols is 1. The predicted molar refractivity (Wildman–Crippen MR) is 262 cm³/mol.